The quantitative estimate of drug-likeness (QED) is 0.855. The summed E-state index contributed by atoms with van der Waals surface area (Å²) in [5, 5.41) is 2.78. The van der Waals surface area contributed by atoms with Gasteiger partial charge in [0.25, 0.3) is 0 Å². The molecule has 0 spiro atoms. The Kier molecular flexibility index (Phi) is 5.05. The van der Waals surface area contributed by atoms with E-state index in [1.165, 1.54) is 43.8 Å². The van der Waals surface area contributed by atoms with Gasteiger partial charge in [0.2, 0.25) is 0 Å². The van der Waals surface area contributed by atoms with Gasteiger partial charge in [-0.05, 0) is 12.1 Å². The summed E-state index contributed by atoms with van der Waals surface area (Å²) in [5.74, 6) is -0.855. The third-order valence-electron chi connectivity index (χ3n) is 2.87. The first-order chi connectivity index (χ1) is 10.9. The lowest BCUT2D eigenvalue weighted by molar-refractivity contribution is -0.274. The summed E-state index contributed by atoms with van der Waals surface area (Å²) in [6, 6.07) is 7.25. The maximum Gasteiger partial charge on any atom is 0.573 e. The summed E-state index contributed by atoms with van der Waals surface area (Å²) < 4.78 is 46.1. The fourth-order valence-electron chi connectivity index (χ4n) is 1.91. The van der Waals surface area contributed by atoms with Gasteiger partial charge in [0.15, 0.2) is 0 Å². The molecule has 2 rings (SSSR count). The molecule has 122 valence electrons. The number of esters is 1. The van der Waals surface area contributed by atoms with E-state index in [4.69, 9.17) is 0 Å². The number of aromatic nitrogens is 1. The largest absolute Gasteiger partial charge is 0.573 e. The molecule has 0 radical (unpaired) electrons. The zero-order valence-electron chi connectivity index (χ0n) is 12.1. The molecular formula is C15H13F3N2O3. The van der Waals surface area contributed by atoms with E-state index in [0.29, 0.717) is 11.3 Å². The Morgan fingerprint density at radius 2 is 1.96 bits per heavy atom. The molecule has 0 atom stereocenters. The van der Waals surface area contributed by atoms with Crippen molar-refractivity contribution < 1.29 is 27.4 Å². The highest BCUT2D eigenvalue weighted by Crippen LogP contribution is 2.36. The van der Waals surface area contributed by atoms with Gasteiger partial charge < -0.3 is 14.8 Å². The number of methoxy groups -OCH3 is 1. The lowest BCUT2D eigenvalue weighted by atomic mass is 10.0. The van der Waals surface area contributed by atoms with E-state index in [1.54, 1.807) is 6.07 Å². The van der Waals surface area contributed by atoms with Crippen molar-refractivity contribution in [2.24, 2.45) is 0 Å². The second-order valence-corrected chi connectivity index (χ2v) is 4.39. The highest BCUT2D eigenvalue weighted by Gasteiger charge is 2.32. The van der Waals surface area contributed by atoms with Crippen molar-refractivity contribution in [3.63, 3.8) is 0 Å². The van der Waals surface area contributed by atoms with Crippen LogP contribution < -0.4 is 10.1 Å². The van der Waals surface area contributed by atoms with Crippen LogP contribution in [0, 0.1) is 0 Å². The molecule has 0 fully saturated rings. The molecule has 0 saturated carbocycles. The molecule has 1 aromatic heterocycles. The molecule has 0 aliphatic carbocycles. The van der Waals surface area contributed by atoms with E-state index in [0.717, 1.165) is 0 Å². The molecule has 0 aliphatic heterocycles. The maximum absolute atomic E-state index is 12.5. The van der Waals surface area contributed by atoms with Crippen LogP contribution in [0.25, 0.3) is 11.1 Å². The zero-order valence-corrected chi connectivity index (χ0v) is 12.1. The molecule has 0 unspecified atom stereocenters. The number of nitrogens with one attached hydrogen (secondary N) is 1. The third-order valence-corrected chi connectivity index (χ3v) is 2.87. The van der Waals surface area contributed by atoms with Crippen LogP contribution in [0.5, 0.6) is 5.75 Å². The first kappa shape index (κ1) is 16.6. The number of hydrogen-bond acceptors (Lipinski definition) is 5. The molecule has 1 heterocycles. The Morgan fingerprint density at radius 1 is 1.22 bits per heavy atom. The number of benzene rings is 1. The number of nitrogens with zero attached hydrogens (tertiary/aromatic N) is 1. The van der Waals surface area contributed by atoms with Crippen LogP contribution >= 0.6 is 0 Å². The Labute approximate surface area is 130 Å². The number of hydrogen-bond donors (Lipinski definition) is 1. The van der Waals surface area contributed by atoms with E-state index in [2.05, 4.69) is 19.8 Å². The maximum atomic E-state index is 12.5. The third kappa shape index (κ3) is 4.60. The highest BCUT2D eigenvalue weighted by atomic mass is 19.4. The van der Waals surface area contributed by atoms with E-state index < -0.39 is 12.3 Å². The van der Waals surface area contributed by atoms with Crippen LogP contribution in [-0.4, -0.2) is 31.0 Å². The van der Waals surface area contributed by atoms with Crippen molar-refractivity contribution in [1.29, 1.82) is 0 Å². The number of alkyl halides is 3. The van der Waals surface area contributed by atoms with Crippen LogP contribution in [0.4, 0.5) is 18.9 Å². The molecule has 2 aromatic rings. The molecule has 0 saturated heterocycles. The van der Waals surface area contributed by atoms with Crippen LogP contribution in [0.2, 0.25) is 0 Å². The lowest BCUT2D eigenvalue weighted by Gasteiger charge is -2.16. The average Bonchev–Trinajstić information content (AvgIpc) is 2.52. The first-order valence-electron chi connectivity index (χ1n) is 6.50. The molecule has 5 nitrogen and oxygen atoms in total. The van der Waals surface area contributed by atoms with E-state index in [1.807, 2.05) is 0 Å². The molecule has 0 aliphatic rings. The van der Waals surface area contributed by atoms with Crippen molar-refractivity contribution in [1.82, 2.24) is 4.98 Å². The second-order valence-electron chi connectivity index (χ2n) is 4.39. The van der Waals surface area contributed by atoms with Gasteiger partial charge in [-0.3, -0.25) is 9.78 Å². The fraction of sp³-hybridized carbons (Fsp3) is 0.200. The predicted octanol–water partition coefficient (Wildman–Crippen LogP) is 3.23. The smallest absolute Gasteiger partial charge is 0.468 e. The van der Waals surface area contributed by atoms with Gasteiger partial charge in [0.1, 0.15) is 12.3 Å². The van der Waals surface area contributed by atoms with Crippen LogP contribution in [0.3, 0.4) is 0 Å². The molecule has 8 heteroatoms. The molecular weight excluding hydrogens is 313 g/mol. The summed E-state index contributed by atoms with van der Waals surface area (Å²) in [7, 11) is 1.24. The lowest BCUT2D eigenvalue weighted by Crippen LogP contribution is -2.18. The Bertz CT molecular complexity index is 690. The van der Waals surface area contributed by atoms with Crippen molar-refractivity contribution >= 4 is 11.7 Å². The number of carbonyl (C=O) groups excluding carboxylic acids is 1. The monoisotopic (exact) mass is 326 g/mol. The normalized spacial score (nSPS) is 11.0. The van der Waals surface area contributed by atoms with Gasteiger partial charge in [0.05, 0.1) is 19.0 Å². The van der Waals surface area contributed by atoms with Gasteiger partial charge >= 0.3 is 12.3 Å². The summed E-state index contributed by atoms with van der Waals surface area (Å²) >= 11 is 0. The Hall–Kier alpha value is -2.77. The molecule has 23 heavy (non-hydrogen) atoms. The Balaban J connectivity index is 2.37. The van der Waals surface area contributed by atoms with Gasteiger partial charge in [-0.1, -0.05) is 18.2 Å². The minimum atomic E-state index is -4.80. The number of anilines is 1. The van der Waals surface area contributed by atoms with Crippen LogP contribution in [-0.2, 0) is 9.53 Å². The van der Waals surface area contributed by atoms with Gasteiger partial charge in [0, 0.05) is 17.3 Å². The number of rotatable bonds is 5. The SMILES string of the molecule is COC(=O)CNc1cnccc1-c1ccccc1OC(F)(F)F. The van der Waals surface area contributed by atoms with Crippen LogP contribution in [0.15, 0.2) is 42.7 Å². The topological polar surface area (TPSA) is 60.5 Å². The minimum absolute atomic E-state index is 0.141. The predicted molar refractivity (Wildman–Crippen MR) is 76.9 cm³/mol. The molecule has 0 amide bonds. The second kappa shape index (κ2) is 6.99. The number of pyridine rings is 1. The van der Waals surface area contributed by atoms with Crippen molar-refractivity contribution in [3.05, 3.63) is 42.7 Å². The average molecular weight is 326 g/mol. The van der Waals surface area contributed by atoms with Crippen molar-refractivity contribution in [2.45, 2.75) is 6.36 Å². The van der Waals surface area contributed by atoms with Gasteiger partial charge in [-0.15, -0.1) is 13.2 Å². The summed E-state index contributed by atoms with van der Waals surface area (Å²) in [5.41, 5.74) is 1.03. The van der Waals surface area contributed by atoms with E-state index in [9.17, 15) is 18.0 Å². The number of halogens is 3. The summed E-state index contributed by atoms with van der Waals surface area (Å²) in [4.78, 5) is 15.1. The highest BCUT2D eigenvalue weighted by molar-refractivity contribution is 5.83. The Morgan fingerprint density at radius 3 is 2.65 bits per heavy atom. The summed E-state index contributed by atoms with van der Waals surface area (Å²) in [6.07, 6.45) is -1.96. The number of ether oxygens (including phenoxy) is 2. The standard InChI is InChI=1S/C15H13F3N2O3/c1-22-14(21)9-20-12-8-19-7-6-10(12)11-4-2-3-5-13(11)23-15(16,17)18/h2-8,20H,9H2,1H3. The van der Waals surface area contributed by atoms with Gasteiger partial charge in [-0.2, -0.15) is 0 Å². The number of carbonyl (C=O) groups is 1. The van der Waals surface area contributed by atoms with E-state index >= 15 is 0 Å². The molecule has 1 aromatic carbocycles. The van der Waals surface area contributed by atoms with E-state index in [-0.39, 0.29) is 17.9 Å². The van der Waals surface area contributed by atoms with Crippen molar-refractivity contribution in [3.8, 4) is 16.9 Å². The van der Waals surface area contributed by atoms with Crippen molar-refractivity contribution in [2.75, 3.05) is 19.0 Å². The van der Waals surface area contributed by atoms with Crippen LogP contribution in [0.1, 0.15) is 0 Å². The zero-order chi connectivity index (χ0) is 16.9. The first-order valence-corrected chi connectivity index (χ1v) is 6.50. The molecule has 1 N–H and O–H groups in total. The minimum Gasteiger partial charge on any atom is -0.468 e. The molecule has 0 bridgehead atoms. The van der Waals surface area contributed by atoms with Gasteiger partial charge in [-0.25, -0.2) is 0 Å². The number of para-hydroxylation sites is 1. The summed E-state index contributed by atoms with van der Waals surface area (Å²) in [6.45, 7) is -0.141. The fourth-order valence-corrected chi connectivity index (χ4v) is 1.91.